The molecule has 146 valence electrons. The largest absolute Gasteiger partial charge is 0.416 e. The van der Waals surface area contributed by atoms with Crippen LogP contribution in [0.5, 0.6) is 0 Å². The van der Waals surface area contributed by atoms with Crippen molar-refractivity contribution in [1.82, 2.24) is 35.0 Å². The molecule has 7 nitrogen and oxygen atoms in total. The lowest BCUT2D eigenvalue weighted by molar-refractivity contribution is -0.137. The van der Waals surface area contributed by atoms with Gasteiger partial charge < -0.3 is 4.57 Å². The Morgan fingerprint density at radius 2 is 1.89 bits per heavy atom. The van der Waals surface area contributed by atoms with E-state index in [0.29, 0.717) is 29.7 Å². The van der Waals surface area contributed by atoms with E-state index in [1.165, 1.54) is 28.6 Å². The van der Waals surface area contributed by atoms with Gasteiger partial charge in [-0.1, -0.05) is 17.8 Å². The summed E-state index contributed by atoms with van der Waals surface area (Å²) in [6, 6.07) is 4.71. The molecular weight excluding hydrogens is 391 g/mol. The van der Waals surface area contributed by atoms with Crippen LogP contribution in [0.15, 0.2) is 42.1 Å². The lowest BCUT2D eigenvalue weighted by Crippen LogP contribution is -2.07. The second-order valence-electron chi connectivity index (χ2n) is 6.35. The quantitative estimate of drug-likeness (QED) is 0.440. The van der Waals surface area contributed by atoms with Gasteiger partial charge in [-0.3, -0.25) is 0 Å². The molecule has 0 spiro atoms. The van der Waals surface area contributed by atoms with Crippen LogP contribution in [0.1, 0.15) is 36.0 Å². The van der Waals surface area contributed by atoms with Gasteiger partial charge >= 0.3 is 6.18 Å². The van der Waals surface area contributed by atoms with E-state index in [9.17, 15) is 13.2 Å². The van der Waals surface area contributed by atoms with Crippen LogP contribution in [0.4, 0.5) is 13.2 Å². The molecule has 0 radical (unpaired) electrons. The third kappa shape index (κ3) is 3.79. The maximum absolute atomic E-state index is 12.7. The molecule has 2 heterocycles. The molecule has 2 aromatic heterocycles. The van der Waals surface area contributed by atoms with E-state index in [0.717, 1.165) is 36.0 Å². The van der Waals surface area contributed by atoms with Gasteiger partial charge in [0, 0.05) is 12.5 Å². The first-order valence-corrected chi connectivity index (χ1v) is 9.57. The Balaban J connectivity index is 1.52. The fraction of sp³-hybridized carbons (Fsp3) is 0.353. The average Bonchev–Trinajstić information content (AvgIpc) is 3.27. The van der Waals surface area contributed by atoms with Crippen molar-refractivity contribution in [3.8, 4) is 5.69 Å². The van der Waals surface area contributed by atoms with Crippen molar-refractivity contribution in [2.45, 2.75) is 42.4 Å². The number of halogens is 3. The third-order valence-electron chi connectivity index (χ3n) is 4.30. The SMILES string of the molecule is C=CCn1c(SCc2nnnn2-c2ccc(C(F)(F)F)cc2)nnc1C1CC1. The number of hydrogen-bond acceptors (Lipinski definition) is 6. The molecule has 0 bridgehead atoms. The first kappa shape index (κ1) is 18.7. The fourth-order valence-corrected chi connectivity index (χ4v) is 3.63. The highest BCUT2D eigenvalue weighted by molar-refractivity contribution is 7.98. The normalized spacial score (nSPS) is 14.4. The smallest absolute Gasteiger partial charge is 0.302 e. The number of allylic oxidation sites excluding steroid dienone is 1. The molecule has 1 aliphatic carbocycles. The molecule has 11 heteroatoms. The predicted octanol–water partition coefficient (Wildman–Crippen LogP) is 3.63. The molecule has 0 N–H and O–H groups in total. The first-order chi connectivity index (χ1) is 13.5. The van der Waals surface area contributed by atoms with Crippen molar-refractivity contribution in [3.05, 3.63) is 54.1 Å². The number of benzene rings is 1. The van der Waals surface area contributed by atoms with E-state index in [1.54, 1.807) is 6.08 Å². The molecule has 1 saturated carbocycles. The zero-order valence-electron chi connectivity index (χ0n) is 14.7. The molecule has 1 aromatic carbocycles. The number of tetrazole rings is 1. The van der Waals surface area contributed by atoms with Gasteiger partial charge in [0.15, 0.2) is 11.0 Å². The number of nitrogens with zero attached hydrogens (tertiary/aromatic N) is 7. The summed E-state index contributed by atoms with van der Waals surface area (Å²) in [7, 11) is 0. The van der Waals surface area contributed by atoms with E-state index in [-0.39, 0.29) is 0 Å². The highest BCUT2D eigenvalue weighted by Gasteiger charge is 2.31. The molecule has 3 aromatic rings. The number of rotatable bonds is 7. The van der Waals surface area contributed by atoms with Crippen molar-refractivity contribution in [1.29, 1.82) is 0 Å². The first-order valence-electron chi connectivity index (χ1n) is 8.59. The van der Waals surface area contributed by atoms with Crippen LogP contribution in [-0.4, -0.2) is 35.0 Å². The Labute approximate surface area is 162 Å². The van der Waals surface area contributed by atoms with Gasteiger partial charge in [-0.05, 0) is 47.5 Å². The summed E-state index contributed by atoms with van der Waals surface area (Å²) in [5, 5.41) is 20.8. The number of hydrogen-bond donors (Lipinski definition) is 0. The van der Waals surface area contributed by atoms with Crippen LogP contribution < -0.4 is 0 Å². The molecule has 1 aliphatic rings. The third-order valence-corrected chi connectivity index (χ3v) is 5.27. The van der Waals surface area contributed by atoms with Crippen LogP contribution in [0.3, 0.4) is 0 Å². The second-order valence-corrected chi connectivity index (χ2v) is 7.30. The lowest BCUT2D eigenvalue weighted by atomic mass is 10.2. The van der Waals surface area contributed by atoms with E-state index in [2.05, 4.69) is 32.3 Å². The summed E-state index contributed by atoms with van der Waals surface area (Å²) >= 11 is 1.43. The summed E-state index contributed by atoms with van der Waals surface area (Å²) in [5.74, 6) is 2.32. The fourth-order valence-electron chi connectivity index (χ4n) is 2.77. The summed E-state index contributed by atoms with van der Waals surface area (Å²) in [4.78, 5) is 0. The highest BCUT2D eigenvalue weighted by Crippen LogP contribution is 2.40. The number of thioether (sulfide) groups is 1. The van der Waals surface area contributed by atoms with Crippen molar-refractivity contribution in [3.63, 3.8) is 0 Å². The van der Waals surface area contributed by atoms with Crippen LogP contribution in [-0.2, 0) is 18.5 Å². The minimum absolute atomic E-state index is 0.397. The molecule has 0 saturated heterocycles. The van der Waals surface area contributed by atoms with Gasteiger partial charge in [-0.15, -0.1) is 21.9 Å². The van der Waals surface area contributed by atoms with Gasteiger partial charge in [0.05, 0.1) is 17.0 Å². The molecule has 0 amide bonds. The summed E-state index contributed by atoms with van der Waals surface area (Å²) in [6.07, 6.45) is -0.351. The Morgan fingerprint density at radius 3 is 2.54 bits per heavy atom. The van der Waals surface area contributed by atoms with Crippen molar-refractivity contribution < 1.29 is 13.2 Å². The zero-order valence-corrected chi connectivity index (χ0v) is 15.5. The van der Waals surface area contributed by atoms with Gasteiger partial charge in [0.2, 0.25) is 0 Å². The molecule has 0 aliphatic heterocycles. The van der Waals surface area contributed by atoms with E-state index >= 15 is 0 Å². The summed E-state index contributed by atoms with van der Waals surface area (Å²) < 4.78 is 41.7. The number of alkyl halides is 3. The van der Waals surface area contributed by atoms with E-state index in [4.69, 9.17) is 0 Å². The van der Waals surface area contributed by atoms with Crippen molar-refractivity contribution >= 4 is 11.8 Å². The topological polar surface area (TPSA) is 74.3 Å². The molecule has 0 atom stereocenters. The summed E-state index contributed by atoms with van der Waals surface area (Å²) in [5.41, 5.74) is -0.259. The maximum Gasteiger partial charge on any atom is 0.416 e. The molecule has 0 unspecified atom stereocenters. The van der Waals surface area contributed by atoms with Crippen LogP contribution >= 0.6 is 11.8 Å². The van der Waals surface area contributed by atoms with Crippen LogP contribution in [0, 0.1) is 0 Å². The lowest BCUT2D eigenvalue weighted by Gasteiger charge is -2.09. The van der Waals surface area contributed by atoms with Crippen molar-refractivity contribution in [2.24, 2.45) is 0 Å². The predicted molar refractivity (Wildman–Crippen MR) is 95.9 cm³/mol. The highest BCUT2D eigenvalue weighted by atomic mass is 32.2. The van der Waals surface area contributed by atoms with Gasteiger partial charge in [0.1, 0.15) is 5.82 Å². The minimum atomic E-state index is -4.38. The Kier molecular flexibility index (Phi) is 4.92. The molecular formula is C17H16F3N7S. The second kappa shape index (κ2) is 7.38. The minimum Gasteiger partial charge on any atom is -0.302 e. The Morgan fingerprint density at radius 1 is 1.14 bits per heavy atom. The Bertz CT molecular complexity index is 974. The Hall–Kier alpha value is -2.69. The molecule has 28 heavy (non-hydrogen) atoms. The average molecular weight is 407 g/mol. The van der Waals surface area contributed by atoms with Crippen LogP contribution in [0.2, 0.25) is 0 Å². The number of aromatic nitrogens is 7. The van der Waals surface area contributed by atoms with Crippen molar-refractivity contribution in [2.75, 3.05) is 0 Å². The van der Waals surface area contributed by atoms with Gasteiger partial charge in [0.25, 0.3) is 0 Å². The van der Waals surface area contributed by atoms with Gasteiger partial charge in [-0.2, -0.15) is 17.9 Å². The zero-order chi connectivity index (χ0) is 19.7. The van der Waals surface area contributed by atoms with Crippen LogP contribution in [0.25, 0.3) is 5.69 Å². The molecule has 4 rings (SSSR count). The molecule has 1 fully saturated rings. The maximum atomic E-state index is 12.7. The van der Waals surface area contributed by atoms with E-state index in [1.807, 2.05) is 4.57 Å². The monoisotopic (exact) mass is 407 g/mol. The van der Waals surface area contributed by atoms with E-state index < -0.39 is 11.7 Å². The van der Waals surface area contributed by atoms with Gasteiger partial charge in [-0.25, -0.2) is 0 Å². The summed E-state index contributed by atoms with van der Waals surface area (Å²) in [6.45, 7) is 4.40. The standard InChI is InChI=1S/C17H16F3N7S/c1-2-9-26-15(11-3-4-11)22-23-16(26)28-10-14-21-24-25-27(14)13-7-5-12(6-8-13)17(18,19)20/h2,5-8,11H,1,3-4,9-10H2.